The van der Waals surface area contributed by atoms with E-state index in [-0.39, 0.29) is 0 Å². The Morgan fingerprint density at radius 2 is 1.71 bits per heavy atom. The predicted molar refractivity (Wildman–Crippen MR) is 86.6 cm³/mol. The van der Waals surface area contributed by atoms with Crippen LogP contribution in [-0.4, -0.2) is 11.7 Å². The fourth-order valence-corrected chi connectivity index (χ4v) is 2.65. The van der Waals surface area contributed by atoms with Gasteiger partial charge in [0.15, 0.2) is 0 Å². The Morgan fingerprint density at radius 3 is 2.29 bits per heavy atom. The summed E-state index contributed by atoms with van der Waals surface area (Å²) in [6, 6.07) is 17.6. The Morgan fingerprint density at radius 1 is 1.10 bits per heavy atom. The molecule has 0 bridgehead atoms. The lowest BCUT2D eigenvalue weighted by molar-refractivity contribution is 0.249. The van der Waals surface area contributed by atoms with E-state index in [4.69, 9.17) is 5.73 Å². The van der Waals surface area contributed by atoms with Crippen LogP contribution in [0.15, 0.2) is 69.5 Å². The molecular weight excluding hydrogens is 282 g/mol. The number of nitrogens with two attached hydrogens (primary N) is 1. The molecule has 2 aromatic rings. The topological polar surface area (TPSA) is 67.5 Å². The maximum atomic E-state index is 10.7. The van der Waals surface area contributed by atoms with Crippen molar-refractivity contribution >= 4 is 23.5 Å². The number of hydrogen-bond donors (Lipinski definition) is 2. The Balaban J connectivity index is 2.10. The molecule has 0 fully saturated rings. The molecule has 0 spiro atoms. The summed E-state index contributed by atoms with van der Waals surface area (Å²) in [4.78, 5) is 13.1. The van der Waals surface area contributed by atoms with Gasteiger partial charge in [0.25, 0.3) is 0 Å². The second-order valence-corrected chi connectivity index (χ2v) is 5.47. The Bertz CT molecular complexity index is 624. The molecule has 2 rings (SSSR count). The minimum Gasteiger partial charge on any atom is -0.350 e. The molecule has 5 heteroatoms. The van der Waals surface area contributed by atoms with Crippen LogP contribution in [0.1, 0.15) is 18.9 Å². The number of primary amides is 1. The summed E-state index contributed by atoms with van der Waals surface area (Å²) in [6.45, 7) is 1.98. The van der Waals surface area contributed by atoms with Gasteiger partial charge in [0.1, 0.15) is 0 Å². The molecule has 0 aliphatic carbocycles. The van der Waals surface area contributed by atoms with Crippen molar-refractivity contribution in [1.82, 2.24) is 5.43 Å². The van der Waals surface area contributed by atoms with E-state index in [1.807, 2.05) is 49.4 Å². The van der Waals surface area contributed by atoms with Crippen LogP contribution >= 0.6 is 11.8 Å². The number of amides is 2. The van der Waals surface area contributed by atoms with Crippen molar-refractivity contribution in [3.05, 3.63) is 60.2 Å². The van der Waals surface area contributed by atoms with Crippen LogP contribution in [-0.2, 0) is 0 Å². The largest absolute Gasteiger partial charge is 0.350 e. The molecule has 2 amide bonds. The van der Waals surface area contributed by atoms with Gasteiger partial charge in [0, 0.05) is 9.79 Å². The highest BCUT2D eigenvalue weighted by Gasteiger charge is 2.03. The third-order valence-electron chi connectivity index (χ3n) is 2.80. The molecule has 0 heterocycles. The monoisotopic (exact) mass is 299 g/mol. The van der Waals surface area contributed by atoms with Crippen LogP contribution in [0.2, 0.25) is 0 Å². The molecule has 2 aromatic carbocycles. The van der Waals surface area contributed by atoms with Crippen LogP contribution in [0.3, 0.4) is 0 Å². The molecule has 0 saturated heterocycles. The highest BCUT2D eigenvalue weighted by molar-refractivity contribution is 7.99. The molecule has 0 saturated carbocycles. The van der Waals surface area contributed by atoms with E-state index < -0.39 is 6.03 Å². The minimum absolute atomic E-state index is 0.655. The molecule has 0 radical (unpaired) electrons. The van der Waals surface area contributed by atoms with Gasteiger partial charge in [0.2, 0.25) is 0 Å². The van der Waals surface area contributed by atoms with E-state index in [9.17, 15) is 4.79 Å². The van der Waals surface area contributed by atoms with Crippen molar-refractivity contribution in [2.45, 2.75) is 23.1 Å². The van der Waals surface area contributed by atoms with Gasteiger partial charge in [-0.15, -0.1) is 0 Å². The van der Waals surface area contributed by atoms with Gasteiger partial charge in [-0.25, -0.2) is 10.2 Å². The molecule has 0 atom stereocenters. The van der Waals surface area contributed by atoms with E-state index in [1.165, 1.54) is 4.90 Å². The molecular formula is C16H17N3OS. The van der Waals surface area contributed by atoms with Crippen LogP contribution in [0.4, 0.5) is 4.79 Å². The van der Waals surface area contributed by atoms with Crippen LogP contribution in [0, 0.1) is 0 Å². The summed E-state index contributed by atoms with van der Waals surface area (Å²) in [7, 11) is 0. The first-order valence-electron chi connectivity index (χ1n) is 6.64. The number of hydrazone groups is 1. The zero-order valence-corrected chi connectivity index (χ0v) is 12.6. The van der Waals surface area contributed by atoms with Crippen LogP contribution in [0.5, 0.6) is 0 Å². The third-order valence-corrected chi connectivity index (χ3v) is 3.82. The number of carbonyl (C=O) groups is 1. The minimum atomic E-state index is -0.655. The summed E-state index contributed by atoms with van der Waals surface area (Å²) in [5.74, 6) is 0. The Labute approximate surface area is 128 Å². The fraction of sp³-hybridized carbons (Fsp3) is 0.125. The number of carbonyl (C=O) groups excluding carboxylic acids is 1. The smallest absolute Gasteiger partial charge is 0.332 e. The summed E-state index contributed by atoms with van der Waals surface area (Å²) >= 11 is 1.70. The summed E-state index contributed by atoms with van der Waals surface area (Å²) < 4.78 is 0. The van der Waals surface area contributed by atoms with Gasteiger partial charge in [-0.05, 0) is 36.2 Å². The van der Waals surface area contributed by atoms with E-state index in [0.717, 1.165) is 16.2 Å². The van der Waals surface area contributed by atoms with Gasteiger partial charge in [-0.2, -0.15) is 5.10 Å². The number of rotatable bonds is 5. The summed E-state index contributed by atoms with van der Waals surface area (Å²) in [6.07, 6.45) is 0.714. The maximum Gasteiger partial charge on any atom is 0.332 e. The first kappa shape index (κ1) is 15.1. The lowest BCUT2D eigenvalue weighted by atomic mass is 10.1. The Kier molecular flexibility index (Phi) is 5.40. The van der Waals surface area contributed by atoms with Crippen molar-refractivity contribution in [2.24, 2.45) is 10.8 Å². The van der Waals surface area contributed by atoms with Crippen molar-refractivity contribution in [3.63, 3.8) is 0 Å². The number of nitrogens with one attached hydrogen (secondary N) is 1. The zero-order valence-electron chi connectivity index (χ0n) is 11.7. The molecule has 21 heavy (non-hydrogen) atoms. The quantitative estimate of drug-likeness (QED) is 0.654. The highest BCUT2D eigenvalue weighted by Crippen LogP contribution is 2.27. The maximum absolute atomic E-state index is 10.7. The number of benzene rings is 2. The predicted octanol–water partition coefficient (Wildman–Crippen LogP) is 3.62. The van der Waals surface area contributed by atoms with Gasteiger partial charge >= 0.3 is 6.03 Å². The lowest BCUT2D eigenvalue weighted by Crippen LogP contribution is -2.25. The van der Waals surface area contributed by atoms with E-state index in [0.29, 0.717) is 6.42 Å². The molecule has 0 aliphatic heterocycles. The first-order valence-corrected chi connectivity index (χ1v) is 7.46. The molecule has 0 unspecified atom stereocenters. The van der Waals surface area contributed by atoms with Gasteiger partial charge in [0.05, 0.1) is 5.71 Å². The molecule has 0 aliphatic rings. The number of nitrogens with zero attached hydrogens (tertiary/aromatic N) is 1. The Hall–Kier alpha value is -2.27. The molecule has 3 N–H and O–H groups in total. The highest BCUT2D eigenvalue weighted by atomic mass is 32.2. The van der Waals surface area contributed by atoms with E-state index in [2.05, 4.69) is 22.7 Å². The average molecular weight is 299 g/mol. The van der Waals surface area contributed by atoms with E-state index in [1.54, 1.807) is 11.8 Å². The number of hydrogen-bond acceptors (Lipinski definition) is 3. The van der Waals surface area contributed by atoms with Crippen molar-refractivity contribution in [3.8, 4) is 0 Å². The first-order chi connectivity index (χ1) is 10.2. The molecule has 108 valence electrons. The van der Waals surface area contributed by atoms with Crippen molar-refractivity contribution in [2.75, 3.05) is 0 Å². The SMILES string of the molecule is CC/C(=N\NC(N)=O)c1ccc(Sc2ccccc2)cc1. The van der Waals surface area contributed by atoms with Crippen molar-refractivity contribution in [1.29, 1.82) is 0 Å². The van der Waals surface area contributed by atoms with Gasteiger partial charge in [-0.3, -0.25) is 0 Å². The standard InChI is InChI=1S/C16H17N3OS/c1-2-15(18-19-16(17)20)12-8-10-14(11-9-12)21-13-6-4-3-5-7-13/h3-11H,2H2,1H3,(H3,17,19,20)/b18-15+. The number of urea groups is 1. The van der Waals surface area contributed by atoms with Gasteiger partial charge in [-0.1, -0.05) is 49.0 Å². The van der Waals surface area contributed by atoms with Gasteiger partial charge < -0.3 is 5.73 Å². The molecule has 4 nitrogen and oxygen atoms in total. The second-order valence-electron chi connectivity index (χ2n) is 4.33. The van der Waals surface area contributed by atoms with E-state index >= 15 is 0 Å². The third kappa shape index (κ3) is 4.65. The summed E-state index contributed by atoms with van der Waals surface area (Å²) in [5.41, 5.74) is 9.07. The summed E-state index contributed by atoms with van der Waals surface area (Å²) in [5, 5.41) is 4.01. The second kappa shape index (κ2) is 7.50. The zero-order chi connectivity index (χ0) is 15.1. The normalized spacial score (nSPS) is 11.2. The fourth-order valence-electron chi connectivity index (χ4n) is 1.81. The van der Waals surface area contributed by atoms with Crippen LogP contribution in [0.25, 0.3) is 0 Å². The lowest BCUT2D eigenvalue weighted by Gasteiger charge is -2.06. The van der Waals surface area contributed by atoms with Crippen molar-refractivity contribution < 1.29 is 4.79 Å². The molecule has 0 aromatic heterocycles. The van der Waals surface area contributed by atoms with Crippen LogP contribution < -0.4 is 11.2 Å². The average Bonchev–Trinajstić information content (AvgIpc) is 2.50.